The van der Waals surface area contributed by atoms with Crippen LogP contribution in [0.4, 0.5) is 0 Å². The molecule has 23 N–H and O–H groups in total. The summed E-state index contributed by atoms with van der Waals surface area (Å²) in [6.07, 6.45) is -19.8. The predicted octanol–water partition coefficient (Wildman–Crippen LogP) is 3.67. The molecular weight excluding hydrogens is 1650 g/mol. The lowest BCUT2D eigenvalue weighted by Gasteiger charge is -2.44. The van der Waals surface area contributed by atoms with Crippen LogP contribution < -0.4 is 18.9 Å². The Bertz CT molecular complexity index is 5830. The second-order valence-electron chi connectivity index (χ2n) is 25.7. The lowest BCUT2D eigenvalue weighted by Crippen LogP contribution is -2.63. The van der Waals surface area contributed by atoms with Gasteiger partial charge in [-0.2, -0.15) is 0 Å². The van der Waals surface area contributed by atoms with Crippen LogP contribution in [-0.2, 0) is 47.5 Å². The zero-order valence-corrected chi connectivity index (χ0v) is 60.2. The number of ether oxygens (including phenoxy) is 11. The first-order chi connectivity index (χ1) is 57.4. The summed E-state index contributed by atoms with van der Waals surface area (Å²) in [5.41, 5.74) is -8.66. The number of ketones is 2. The molecule has 0 radical (unpaired) electrons. The van der Waals surface area contributed by atoms with Gasteiger partial charge in [-0.05, 0) is 109 Å². The van der Waals surface area contributed by atoms with Crippen LogP contribution in [0, 0.1) is 5.92 Å². The molecule has 0 aromatic heterocycles. The first-order valence-electron chi connectivity index (χ1n) is 33.7. The minimum Gasteiger partial charge on any atom is -0.504 e. The first-order valence-corrected chi connectivity index (χ1v) is 33.7. The van der Waals surface area contributed by atoms with Crippen LogP contribution in [0.5, 0.6) is 155 Å². The van der Waals surface area contributed by atoms with Gasteiger partial charge in [0.2, 0.25) is 47.0 Å². The smallest absolute Gasteiger partial charge is 0.343 e. The fraction of sp³-hybridized carbons (Fsp3) is 0.132. The Morgan fingerprint density at radius 2 is 0.525 bits per heavy atom. The van der Waals surface area contributed by atoms with E-state index >= 15 is 14.4 Å². The molecule has 1 aliphatic carbocycles. The highest BCUT2D eigenvalue weighted by atomic mass is 16.8. The van der Waals surface area contributed by atoms with E-state index < -0.39 is 339 Å². The molecule has 1 saturated carbocycles. The highest BCUT2D eigenvalue weighted by Gasteiger charge is 2.56. The fourth-order valence-corrected chi connectivity index (χ4v) is 11.4. The van der Waals surface area contributed by atoms with Gasteiger partial charge in [-0.25, -0.2) is 43.2 Å². The second kappa shape index (κ2) is 33.7. The van der Waals surface area contributed by atoms with E-state index in [1.165, 1.54) is 0 Å². The predicted molar refractivity (Wildman–Crippen MR) is 381 cm³/mol. The van der Waals surface area contributed by atoms with Crippen molar-refractivity contribution in [2.75, 3.05) is 6.61 Å². The molecule has 1 heterocycles. The Balaban J connectivity index is 1.07. The maximum absolute atomic E-state index is 15.3. The summed E-state index contributed by atoms with van der Waals surface area (Å²) in [7, 11) is 0. The molecule has 2 fully saturated rings. The Hall–Kier alpha value is -17.6. The normalized spacial score (nSPS) is 16.7. The van der Waals surface area contributed by atoms with Crippen LogP contribution in [0.2, 0.25) is 0 Å². The zero-order chi connectivity index (χ0) is 89.4. The Morgan fingerprint density at radius 3 is 0.828 bits per heavy atom. The van der Waals surface area contributed by atoms with E-state index in [1.54, 1.807) is 0 Å². The topological polar surface area (TPSA) is 772 Å². The Labute approximate surface area is 672 Å². The van der Waals surface area contributed by atoms with Crippen LogP contribution in [-0.4, -0.2) is 232 Å². The lowest BCUT2D eigenvalue weighted by molar-refractivity contribution is -0.289. The molecule has 1 saturated heterocycles. The van der Waals surface area contributed by atoms with Gasteiger partial charge in [0.1, 0.15) is 12.7 Å². The molecule has 0 amide bonds. The van der Waals surface area contributed by atoms with Crippen LogP contribution in [0.25, 0.3) is 0 Å². The minimum atomic E-state index is -3.09. The van der Waals surface area contributed by atoms with Crippen LogP contribution in [0.1, 0.15) is 106 Å². The largest absolute Gasteiger partial charge is 0.504 e. The number of carbonyl (C=O) groups is 12. The Morgan fingerprint density at radius 1 is 0.279 bits per heavy atom. The molecule has 634 valence electrons. The van der Waals surface area contributed by atoms with Gasteiger partial charge in [0.05, 0.1) is 56.0 Å². The molecule has 7 atom stereocenters. The monoisotopic (exact) mass is 1700 g/mol. The van der Waals surface area contributed by atoms with E-state index in [2.05, 4.69) is 0 Å². The molecule has 46 heteroatoms. The maximum Gasteiger partial charge on any atom is 0.343 e. The number of hydrogen-bond acceptors (Lipinski definition) is 46. The molecule has 122 heavy (non-hydrogen) atoms. The van der Waals surface area contributed by atoms with E-state index in [0.29, 0.717) is 109 Å². The summed E-state index contributed by atoms with van der Waals surface area (Å²) < 4.78 is 60.6. The SMILES string of the molecule is O=C1CC(C(=O)OC2C(OC(=O)c3cc(O)c(O)c(OC(=O)c4cc(O)c(O)c(O)c4)c3)O[C@H](COC(=O)c3cc(O)c(O)c(OC(=O)c4cc(O)c(O)c(O)c4)c3)C(OC(=O)c3cc(O)c(O)c(OC(=O)c4cc(O)c(O)c(O)c4)c3)[C@@H]2OC(=O)c2cc(O)c(O)c(OC(=O)c3cc(O)c(O)c(O)c3)c2)CC(OC(=O)c2cc(O)c(O)c(O)c2)C1=O. The van der Waals surface area contributed by atoms with E-state index in [0.717, 1.165) is 0 Å². The van der Waals surface area contributed by atoms with Crippen molar-refractivity contribution >= 4 is 71.3 Å². The molecule has 5 unspecified atom stereocenters. The number of phenolic OH excluding ortho intramolecular Hbond substituents is 23. The summed E-state index contributed by atoms with van der Waals surface area (Å²) >= 11 is 0. The summed E-state index contributed by atoms with van der Waals surface area (Å²) in [4.78, 5) is 170. The highest BCUT2D eigenvalue weighted by Crippen LogP contribution is 2.47. The fourth-order valence-electron chi connectivity index (χ4n) is 11.4. The van der Waals surface area contributed by atoms with Crippen molar-refractivity contribution in [2.24, 2.45) is 5.92 Å². The van der Waals surface area contributed by atoms with Crippen molar-refractivity contribution in [3.05, 3.63) is 159 Å². The maximum atomic E-state index is 15.3. The number of aromatic hydroxyl groups is 23. The highest BCUT2D eigenvalue weighted by molar-refractivity contribution is 6.40. The summed E-state index contributed by atoms with van der Waals surface area (Å²) in [5, 5.41) is 239. The van der Waals surface area contributed by atoms with Gasteiger partial charge in [-0.15, -0.1) is 0 Å². The molecule has 11 rings (SSSR count). The van der Waals surface area contributed by atoms with Gasteiger partial charge in [0.15, 0.2) is 151 Å². The summed E-state index contributed by atoms with van der Waals surface area (Å²) in [6.45, 7) is -1.70. The number of rotatable bonds is 21. The van der Waals surface area contributed by atoms with Gasteiger partial charge < -0.3 is 170 Å². The molecule has 9 aromatic carbocycles. The van der Waals surface area contributed by atoms with Crippen molar-refractivity contribution in [1.29, 1.82) is 0 Å². The minimum absolute atomic E-state index is 0.299. The van der Waals surface area contributed by atoms with E-state index in [9.17, 15) is 161 Å². The zero-order valence-electron chi connectivity index (χ0n) is 60.2. The second-order valence-corrected chi connectivity index (χ2v) is 25.7. The molecule has 9 aromatic rings. The average molecular weight is 1700 g/mol. The van der Waals surface area contributed by atoms with Crippen molar-refractivity contribution < 1.29 is 227 Å². The van der Waals surface area contributed by atoms with Crippen molar-refractivity contribution in [3.63, 3.8) is 0 Å². The quantitative estimate of drug-likeness (QED) is 0.0160. The molecule has 1 aliphatic heterocycles. The van der Waals surface area contributed by atoms with Crippen molar-refractivity contribution in [1.82, 2.24) is 0 Å². The average Bonchev–Trinajstić information content (AvgIpc) is 0.773. The third-order valence-electron chi connectivity index (χ3n) is 17.5. The standard InChI is InChI=1S/C76H54O46/c77-32-1-22(2-33(78)53(32)92)67(103)113-47-16-27(11-42(87)58(47)97)66(102)112-21-52-63(119-72(108)28-12-43(88)59(98)48(17-28)114-68(104)23-3-34(79)54(93)35(80)4-23)64(120-73(109)29-13-44(89)60(99)49(18-29)115-69(105)24-5-36(81)55(94)37(82)6-24)65(121-74(110)30-14-45(90)61(100)50(19-30)116-70(106)25-7-38(83)56(95)39(84)8-25)76(118-52)122-75(111)31-15-46(91)62(101)51(20-31)117-71(107)26-9-40(85)57(96)41(86)10-26/h1-13,15-18,20,30,50,52,63-65,76-89,91-99,101H,14,19,21H2/t30?,50?,52-,63?,64+,65?,76?/m1/s1. The lowest BCUT2D eigenvalue weighted by atomic mass is 9.85. The van der Waals surface area contributed by atoms with Crippen LogP contribution in [0.3, 0.4) is 0 Å². The third kappa shape index (κ3) is 17.8. The van der Waals surface area contributed by atoms with Crippen LogP contribution in [0.15, 0.2) is 109 Å². The molecular formula is C76H54O46. The molecule has 0 spiro atoms. The van der Waals surface area contributed by atoms with Gasteiger partial charge in [-0.1, -0.05) is 0 Å². The van der Waals surface area contributed by atoms with Crippen molar-refractivity contribution in [2.45, 2.75) is 49.7 Å². The first kappa shape index (κ1) is 85.3. The van der Waals surface area contributed by atoms with E-state index in [1.807, 2.05) is 0 Å². The van der Waals surface area contributed by atoms with Gasteiger partial charge >= 0.3 is 59.7 Å². The van der Waals surface area contributed by atoms with Crippen molar-refractivity contribution in [3.8, 4) is 155 Å². The van der Waals surface area contributed by atoms with Gasteiger partial charge in [-0.3, -0.25) is 14.4 Å². The number of hydrogen-bond donors (Lipinski definition) is 23. The van der Waals surface area contributed by atoms with E-state index in [4.69, 9.17) is 52.1 Å². The summed E-state index contributed by atoms with van der Waals surface area (Å²) in [5.74, 6) is -56.9. The van der Waals surface area contributed by atoms with E-state index in [-0.39, 0.29) is 0 Å². The Kier molecular flexibility index (Phi) is 23.5. The third-order valence-corrected chi connectivity index (χ3v) is 17.5. The number of benzene rings is 9. The number of phenols is 23. The number of Topliss-reactive ketones (excluding diaryl/α,β-unsaturated/α-hetero) is 2. The number of carbonyl (C=O) groups excluding carboxylic acids is 12. The van der Waals surface area contributed by atoms with Gasteiger partial charge in [0, 0.05) is 12.8 Å². The van der Waals surface area contributed by atoms with Gasteiger partial charge in [0.25, 0.3) is 0 Å². The molecule has 2 aliphatic rings. The molecule has 0 bridgehead atoms. The number of esters is 10. The molecule has 46 nitrogen and oxygen atoms in total. The van der Waals surface area contributed by atoms with Crippen LogP contribution >= 0.6 is 0 Å². The summed E-state index contributed by atoms with van der Waals surface area (Å²) in [6, 6.07) is 7.96.